The number of sulfonamides is 1. The van der Waals surface area contributed by atoms with Crippen LogP contribution in [-0.2, 0) is 19.6 Å². The molecule has 160 valence electrons. The molecule has 1 aromatic carbocycles. The molecule has 0 saturated carbocycles. The van der Waals surface area contributed by atoms with Crippen LogP contribution in [0.5, 0.6) is 0 Å². The van der Waals surface area contributed by atoms with Gasteiger partial charge in [0, 0.05) is 25.3 Å². The van der Waals surface area contributed by atoms with Crippen LogP contribution < -0.4 is 10.7 Å². The molecule has 2 atom stereocenters. The highest BCUT2D eigenvalue weighted by Crippen LogP contribution is 2.26. The summed E-state index contributed by atoms with van der Waals surface area (Å²) in [5.74, 6) is -0.960. The topological polar surface area (TPSA) is 98.8 Å². The first-order valence-corrected chi connectivity index (χ1v) is 11.7. The molecule has 3 rings (SSSR count). The van der Waals surface area contributed by atoms with E-state index >= 15 is 0 Å². The van der Waals surface area contributed by atoms with E-state index in [1.165, 1.54) is 10.4 Å². The fourth-order valence-electron chi connectivity index (χ4n) is 3.36. The van der Waals surface area contributed by atoms with E-state index in [1.54, 1.807) is 19.1 Å². The van der Waals surface area contributed by atoms with Crippen LogP contribution in [-0.4, -0.2) is 66.5 Å². The molecule has 2 unspecified atom stereocenters. The standard InChI is InChI=1S/C18H24Cl2N4O4S/c1-12-5-6-13(9-15(12)29(27,28)23-7-3-2-4-8-23)22-16(25)11-24-18(26)17(20)14(19)10-21-24/h5-6,9,14,17,21H,2-4,7-8,10-11H2,1H3,(H,22,25). The minimum Gasteiger partial charge on any atom is -0.324 e. The molecule has 1 aromatic rings. The summed E-state index contributed by atoms with van der Waals surface area (Å²) in [7, 11) is -3.63. The van der Waals surface area contributed by atoms with Gasteiger partial charge in [-0.1, -0.05) is 12.5 Å². The smallest absolute Gasteiger partial charge is 0.256 e. The number of halogens is 2. The van der Waals surface area contributed by atoms with Crippen LogP contribution in [0.15, 0.2) is 23.1 Å². The molecule has 2 saturated heterocycles. The van der Waals surface area contributed by atoms with E-state index in [0.29, 0.717) is 24.3 Å². The zero-order chi connectivity index (χ0) is 21.2. The molecule has 2 amide bonds. The van der Waals surface area contributed by atoms with Crippen molar-refractivity contribution >= 4 is 50.7 Å². The Morgan fingerprint density at radius 1 is 1.24 bits per heavy atom. The molecule has 2 aliphatic heterocycles. The van der Waals surface area contributed by atoms with Gasteiger partial charge in [0.05, 0.1) is 10.3 Å². The lowest BCUT2D eigenvalue weighted by Crippen LogP contribution is -2.58. The fraction of sp³-hybridized carbons (Fsp3) is 0.556. The van der Waals surface area contributed by atoms with Gasteiger partial charge < -0.3 is 5.32 Å². The largest absolute Gasteiger partial charge is 0.324 e. The zero-order valence-electron chi connectivity index (χ0n) is 16.0. The maximum atomic E-state index is 13.0. The third-order valence-corrected chi connectivity index (χ3v) is 8.07. The number of piperidine rings is 1. The number of amides is 2. The number of rotatable bonds is 5. The summed E-state index contributed by atoms with van der Waals surface area (Å²) in [4.78, 5) is 24.7. The minimum atomic E-state index is -3.63. The van der Waals surface area contributed by atoms with E-state index in [-0.39, 0.29) is 18.0 Å². The van der Waals surface area contributed by atoms with Crippen LogP contribution in [0, 0.1) is 6.92 Å². The van der Waals surface area contributed by atoms with Gasteiger partial charge in [-0.15, -0.1) is 23.2 Å². The molecule has 0 radical (unpaired) electrons. The molecular weight excluding hydrogens is 439 g/mol. The second-order valence-electron chi connectivity index (χ2n) is 7.20. The number of alkyl halides is 2. The number of nitrogens with one attached hydrogen (secondary N) is 2. The van der Waals surface area contributed by atoms with Gasteiger partial charge in [0.1, 0.15) is 11.9 Å². The van der Waals surface area contributed by atoms with Crippen LogP contribution in [0.2, 0.25) is 0 Å². The summed E-state index contributed by atoms with van der Waals surface area (Å²) in [5, 5.41) is 2.30. The van der Waals surface area contributed by atoms with Gasteiger partial charge in [0.25, 0.3) is 5.91 Å². The molecular formula is C18H24Cl2N4O4S. The normalized spacial score (nSPS) is 23.8. The van der Waals surface area contributed by atoms with Crippen LogP contribution >= 0.6 is 23.2 Å². The lowest BCUT2D eigenvalue weighted by Gasteiger charge is -2.32. The third kappa shape index (κ3) is 5.03. The average Bonchev–Trinajstić information content (AvgIpc) is 2.70. The van der Waals surface area contributed by atoms with Crippen molar-refractivity contribution in [3.8, 4) is 0 Å². The van der Waals surface area contributed by atoms with Gasteiger partial charge in [0.15, 0.2) is 0 Å². The molecule has 0 aliphatic carbocycles. The van der Waals surface area contributed by atoms with Gasteiger partial charge in [-0.2, -0.15) is 4.31 Å². The van der Waals surface area contributed by atoms with E-state index < -0.39 is 32.6 Å². The second-order valence-corrected chi connectivity index (χ2v) is 10.1. The van der Waals surface area contributed by atoms with E-state index in [9.17, 15) is 18.0 Å². The van der Waals surface area contributed by atoms with Crippen LogP contribution in [0.25, 0.3) is 0 Å². The van der Waals surface area contributed by atoms with E-state index in [1.807, 2.05) is 0 Å². The Kier molecular flexibility index (Phi) is 7.06. The maximum Gasteiger partial charge on any atom is 0.256 e. The van der Waals surface area contributed by atoms with E-state index in [0.717, 1.165) is 24.3 Å². The van der Waals surface area contributed by atoms with Crippen LogP contribution in [0.4, 0.5) is 5.69 Å². The monoisotopic (exact) mass is 462 g/mol. The van der Waals surface area contributed by atoms with E-state index in [2.05, 4.69) is 10.7 Å². The predicted octanol–water partition coefficient (Wildman–Crippen LogP) is 1.67. The van der Waals surface area contributed by atoms with E-state index in [4.69, 9.17) is 23.2 Å². The number of hydrazine groups is 1. The van der Waals surface area contributed by atoms with Crippen molar-refractivity contribution in [1.29, 1.82) is 0 Å². The quantitative estimate of drug-likeness (QED) is 0.648. The molecule has 2 aliphatic rings. The lowest BCUT2D eigenvalue weighted by atomic mass is 10.2. The number of hydrogen-bond donors (Lipinski definition) is 2. The molecule has 29 heavy (non-hydrogen) atoms. The lowest BCUT2D eigenvalue weighted by molar-refractivity contribution is -0.139. The second kappa shape index (κ2) is 9.18. The van der Waals surface area contributed by atoms with Gasteiger partial charge in [-0.3, -0.25) is 14.6 Å². The fourth-order valence-corrected chi connectivity index (χ4v) is 5.51. The summed E-state index contributed by atoms with van der Waals surface area (Å²) < 4.78 is 27.5. The summed E-state index contributed by atoms with van der Waals surface area (Å²) in [6.45, 7) is 2.72. The van der Waals surface area contributed by atoms with Crippen molar-refractivity contribution in [2.24, 2.45) is 0 Å². The first kappa shape index (κ1) is 22.3. The zero-order valence-corrected chi connectivity index (χ0v) is 18.4. The highest BCUT2D eigenvalue weighted by molar-refractivity contribution is 7.89. The molecule has 0 bridgehead atoms. The van der Waals surface area contributed by atoms with Gasteiger partial charge in [0.2, 0.25) is 15.9 Å². The van der Waals surface area contributed by atoms with Crippen molar-refractivity contribution in [2.45, 2.75) is 41.8 Å². The Morgan fingerprint density at radius 2 is 1.93 bits per heavy atom. The van der Waals surface area contributed by atoms with Crippen molar-refractivity contribution < 1.29 is 18.0 Å². The summed E-state index contributed by atoms with van der Waals surface area (Å²) >= 11 is 11.9. The van der Waals surface area contributed by atoms with Crippen LogP contribution in [0.3, 0.4) is 0 Å². The molecule has 2 N–H and O–H groups in total. The number of aryl methyl sites for hydroxylation is 1. The number of carbonyl (C=O) groups excluding carboxylic acids is 2. The number of hydrogen-bond acceptors (Lipinski definition) is 5. The van der Waals surface area contributed by atoms with Crippen molar-refractivity contribution in [3.63, 3.8) is 0 Å². The SMILES string of the molecule is Cc1ccc(NC(=O)CN2NCC(Cl)C(Cl)C2=O)cc1S(=O)(=O)N1CCCCC1. The van der Waals surface area contributed by atoms with Crippen molar-refractivity contribution in [1.82, 2.24) is 14.7 Å². The summed E-state index contributed by atoms with van der Waals surface area (Å²) in [6.07, 6.45) is 2.71. The number of benzene rings is 1. The summed E-state index contributed by atoms with van der Waals surface area (Å²) in [5.41, 5.74) is 3.71. The molecule has 2 heterocycles. The van der Waals surface area contributed by atoms with Crippen LogP contribution in [0.1, 0.15) is 24.8 Å². The van der Waals surface area contributed by atoms with Gasteiger partial charge in [-0.25, -0.2) is 13.8 Å². The molecule has 11 heteroatoms. The third-order valence-electron chi connectivity index (χ3n) is 5.00. The number of anilines is 1. The maximum absolute atomic E-state index is 13.0. The Labute approximate surface area is 180 Å². The highest BCUT2D eigenvalue weighted by Gasteiger charge is 2.35. The Hall–Kier alpha value is -1.39. The Balaban J connectivity index is 1.71. The van der Waals surface area contributed by atoms with Crippen molar-refractivity contribution in [2.75, 3.05) is 31.5 Å². The highest BCUT2D eigenvalue weighted by atomic mass is 35.5. The molecule has 2 fully saturated rings. The first-order valence-electron chi connectivity index (χ1n) is 9.44. The van der Waals surface area contributed by atoms with Crippen molar-refractivity contribution in [3.05, 3.63) is 23.8 Å². The number of carbonyl (C=O) groups is 2. The Morgan fingerprint density at radius 3 is 2.62 bits per heavy atom. The molecule has 0 aromatic heterocycles. The molecule has 0 spiro atoms. The van der Waals surface area contributed by atoms with Gasteiger partial charge in [-0.05, 0) is 37.5 Å². The molecule has 8 nitrogen and oxygen atoms in total. The minimum absolute atomic E-state index is 0.176. The number of nitrogens with zero attached hydrogens (tertiary/aromatic N) is 2. The average molecular weight is 463 g/mol. The Bertz CT molecular complexity index is 890. The van der Waals surface area contributed by atoms with Gasteiger partial charge >= 0.3 is 0 Å². The predicted molar refractivity (Wildman–Crippen MR) is 111 cm³/mol. The first-order chi connectivity index (χ1) is 13.7. The summed E-state index contributed by atoms with van der Waals surface area (Å²) in [6, 6.07) is 4.75.